The molecule has 0 aromatic heterocycles. The van der Waals surface area contributed by atoms with Crippen molar-refractivity contribution in [2.75, 3.05) is 0 Å². The van der Waals surface area contributed by atoms with Gasteiger partial charge in [0.25, 0.3) is 0 Å². The second kappa shape index (κ2) is 4.66. The van der Waals surface area contributed by atoms with Crippen LogP contribution in [0, 0.1) is 0 Å². The Labute approximate surface area is 78.8 Å². The van der Waals surface area contributed by atoms with Crippen LogP contribution in [0.3, 0.4) is 0 Å². The second-order valence-electron chi connectivity index (χ2n) is 3.26. The van der Waals surface area contributed by atoms with Gasteiger partial charge >= 0.3 is 0 Å². The van der Waals surface area contributed by atoms with Crippen LogP contribution in [0.25, 0.3) is 0 Å². The molecule has 68 valence electrons. The van der Waals surface area contributed by atoms with Gasteiger partial charge in [0.05, 0.1) is 0 Å². The fourth-order valence-corrected chi connectivity index (χ4v) is 1.82. The van der Waals surface area contributed by atoms with Crippen molar-refractivity contribution in [1.82, 2.24) is 0 Å². The first-order valence-electron chi connectivity index (χ1n) is 4.66. The van der Waals surface area contributed by atoms with Crippen molar-refractivity contribution in [3.05, 3.63) is 10.6 Å². The number of carbonyl (C=O) groups is 1. The average molecular weight is 187 g/mol. The van der Waals surface area contributed by atoms with Crippen molar-refractivity contribution in [1.29, 1.82) is 0 Å². The molecule has 0 aromatic carbocycles. The molecule has 1 aliphatic rings. The lowest BCUT2D eigenvalue weighted by atomic mass is 10.1. The van der Waals surface area contributed by atoms with Gasteiger partial charge in [0, 0.05) is 17.0 Å². The molecule has 1 fully saturated rings. The molecule has 1 aliphatic carbocycles. The van der Waals surface area contributed by atoms with E-state index in [1.807, 2.05) is 0 Å². The standard InChI is InChI=1S/C10H15ClO/c1-2-3-6-9(11)8-5-4-7-10(8)12/h2-7H2,1H3/b9-8+. The lowest BCUT2D eigenvalue weighted by molar-refractivity contribution is -0.114. The van der Waals surface area contributed by atoms with Crippen LogP contribution in [0.1, 0.15) is 45.4 Å². The van der Waals surface area contributed by atoms with Gasteiger partial charge in [-0.25, -0.2) is 0 Å². The summed E-state index contributed by atoms with van der Waals surface area (Å²) < 4.78 is 0. The third-order valence-electron chi connectivity index (χ3n) is 2.24. The third-order valence-corrected chi connectivity index (χ3v) is 2.66. The van der Waals surface area contributed by atoms with Gasteiger partial charge in [-0.15, -0.1) is 0 Å². The number of unbranched alkanes of at least 4 members (excludes halogenated alkanes) is 1. The van der Waals surface area contributed by atoms with E-state index in [-0.39, 0.29) is 5.78 Å². The molecule has 0 bridgehead atoms. The first-order chi connectivity index (χ1) is 5.75. The van der Waals surface area contributed by atoms with Gasteiger partial charge in [-0.05, 0) is 25.7 Å². The van der Waals surface area contributed by atoms with Crippen LogP contribution in [-0.2, 0) is 4.79 Å². The molecule has 0 aromatic rings. The number of allylic oxidation sites excluding steroid dienone is 2. The van der Waals surface area contributed by atoms with Crippen LogP contribution in [0.15, 0.2) is 10.6 Å². The van der Waals surface area contributed by atoms with Crippen molar-refractivity contribution in [2.45, 2.75) is 45.4 Å². The van der Waals surface area contributed by atoms with Crippen LogP contribution in [-0.4, -0.2) is 5.78 Å². The minimum Gasteiger partial charge on any atom is -0.295 e. The molecule has 0 saturated heterocycles. The molecule has 0 unspecified atom stereocenters. The van der Waals surface area contributed by atoms with Crippen LogP contribution in [0.5, 0.6) is 0 Å². The van der Waals surface area contributed by atoms with E-state index in [2.05, 4.69) is 6.92 Å². The summed E-state index contributed by atoms with van der Waals surface area (Å²) in [4.78, 5) is 11.2. The van der Waals surface area contributed by atoms with E-state index < -0.39 is 0 Å². The monoisotopic (exact) mass is 186 g/mol. The summed E-state index contributed by atoms with van der Waals surface area (Å²) in [6, 6.07) is 0. The molecule has 0 aliphatic heterocycles. The number of ketones is 1. The maximum atomic E-state index is 11.2. The molecule has 0 N–H and O–H groups in total. The highest BCUT2D eigenvalue weighted by Crippen LogP contribution is 2.28. The van der Waals surface area contributed by atoms with Crippen LogP contribution >= 0.6 is 11.6 Å². The highest BCUT2D eigenvalue weighted by atomic mass is 35.5. The third kappa shape index (κ3) is 2.34. The summed E-state index contributed by atoms with van der Waals surface area (Å²) in [5.41, 5.74) is 0.908. The second-order valence-corrected chi connectivity index (χ2v) is 3.72. The molecule has 1 nitrogen and oxygen atoms in total. The van der Waals surface area contributed by atoms with Crippen molar-refractivity contribution in [3.8, 4) is 0 Å². The predicted octanol–water partition coefficient (Wildman–Crippen LogP) is 3.42. The molecule has 0 spiro atoms. The number of Topliss-reactive ketones (excluding diaryl/α,β-unsaturated/α-hetero) is 1. The Kier molecular flexibility index (Phi) is 3.80. The van der Waals surface area contributed by atoms with Gasteiger partial charge in [-0.2, -0.15) is 0 Å². The summed E-state index contributed by atoms with van der Waals surface area (Å²) in [5, 5.41) is 0.819. The largest absolute Gasteiger partial charge is 0.295 e. The summed E-state index contributed by atoms with van der Waals surface area (Å²) >= 11 is 6.02. The smallest absolute Gasteiger partial charge is 0.160 e. The Hall–Kier alpha value is -0.300. The highest BCUT2D eigenvalue weighted by molar-refractivity contribution is 6.32. The van der Waals surface area contributed by atoms with E-state index in [0.29, 0.717) is 6.42 Å². The minimum absolute atomic E-state index is 0.274. The van der Waals surface area contributed by atoms with E-state index in [0.717, 1.165) is 42.7 Å². The van der Waals surface area contributed by atoms with Crippen LogP contribution in [0.4, 0.5) is 0 Å². The van der Waals surface area contributed by atoms with Gasteiger partial charge in [0.15, 0.2) is 5.78 Å². The molecular weight excluding hydrogens is 172 g/mol. The summed E-state index contributed by atoms with van der Waals surface area (Å²) in [6.45, 7) is 2.13. The topological polar surface area (TPSA) is 17.1 Å². The van der Waals surface area contributed by atoms with Crippen LogP contribution in [0.2, 0.25) is 0 Å². The van der Waals surface area contributed by atoms with Crippen LogP contribution < -0.4 is 0 Å². The quantitative estimate of drug-likeness (QED) is 0.618. The average Bonchev–Trinajstić information content (AvgIpc) is 2.47. The first-order valence-corrected chi connectivity index (χ1v) is 5.04. The molecule has 1 saturated carbocycles. The number of hydrogen-bond donors (Lipinski definition) is 0. The molecule has 0 heterocycles. The van der Waals surface area contributed by atoms with E-state index in [4.69, 9.17) is 11.6 Å². The number of hydrogen-bond acceptors (Lipinski definition) is 1. The Morgan fingerprint density at radius 1 is 1.50 bits per heavy atom. The highest BCUT2D eigenvalue weighted by Gasteiger charge is 2.19. The van der Waals surface area contributed by atoms with Crippen molar-refractivity contribution in [3.63, 3.8) is 0 Å². The number of carbonyl (C=O) groups excluding carboxylic acids is 1. The fourth-order valence-electron chi connectivity index (χ4n) is 1.49. The van der Waals surface area contributed by atoms with E-state index in [9.17, 15) is 4.79 Å². The SMILES string of the molecule is CCCC/C(Cl)=C1/CCCC1=O. The molecule has 0 atom stereocenters. The molecular formula is C10H15ClO. The summed E-state index contributed by atoms with van der Waals surface area (Å²) in [7, 11) is 0. The summed E-state index contributed by atoms with van der Waals surface area (Å²) in [6.07, 6.45) is 5.72. The van der Waals surface area contributed by atoms with Gasteiger partial charge in [-0.3, -0.25) is 4.79 Å². The molecule has 2 heteroatoms. The summed E-state index contributed by atoms with van der Waals surface area (Å²) in [5.74, 6) is 0.274. The maximum absolute atomic E-state index is 11.2. The predicted molar refractivity (Wildman–Crippen MR) is 51.3 cm³/mol. The number of rotatable bonds is 3. The zero-order valence-corrected chi connectivity index (χ0v) is 8.28. The normalized spacial score (nSPS) is 21.7. The van der Waals surface area contributed by atoms with Gasteiger partial charge in [0.1, 0.15) is 0 Å². The fraction of sp³-hybridized carbons (Fsp3) is 0.700. The van der Waals surface area contributed by atoms with E-state index >= 15 is 0 Å². The van der Waals surface area contributed by atoms with E-state index in [1.54, 1.807) is 0 Å². The lowest BCUT2D eigenvalue weighted by Gasteiger charge is -2.00. The van der Waals surface area contributed by atoms with Crippen molar-refractivity contribution < 1.29 is 4.79 Å². The number of halogens is 1. The van der Waals surface area contributed by atoms with Gasteiger partial charge < -0.3 is 0 Å². The van der Waals surface area contributed by atoms with E-state index in [1.165, 1.54) is 0 Å². The van der Waals surface area contributed by atoms with Gasteiger partial charge in [0.2, 0.25) is 0 Å². The first kappa shape index (κ1) is 9.79. The Morgan fingerprint density at radius 2 is 2.25 bits per heavy atom. The van der Waals surface area contributed by atoms with Crippen molar-refractivity contribution in [2.24, 2.45) is 0 Å². The Bertz CT molecular complexity index is 206. The molecule has 0 radical (unpaired) electrons. The molecule has 12 heavy (non-hydrogen) atoms. The van der Waals surface area contributed by atoms with Crippen molar-refractivity contribution >= 4 is 17.4 Å². The minimum atomic E-state index is 0.274. The zero-order chi connectivity index (χ0) is 8.97. The maximum Gasteiger partial charge on any atom is 0.160 e. The molecule has 0 amide bonds. The Balaban J connectivity index is 2.55. The Morgan fingerprint density at radius 3 is 2.75 bits per heavy atom. The van der Waals surface area contributed by atoms with Gasteiger partial charge in [-0.1, -0.05) is 24.9 Å². The zero-order valence-electron chi connectivity index (χ0n) is 7.53. The lowest BCUT2D eigenvalue weighted by Crippen LogP contribution is -1.94. The molecule has 1 rings (SSSR count).